The number of aliphatic hydroxyl groups is 1. The SMILES string of the molecule is C[C@H]1[C@@H](c2ccc(F)c(F)c2O)[C@H](C(=O)Nc2ccnc(CO)c2)O[C@@]1(C)C(F)(F)F. The summed E-state index contributed by atoms with van der Waals surface area (Å²) in [6, 6.07) is 4.24. The number of carbonyl (C=O) groups is 1. The number of aromatic hydroxyl groups is 1. The van der Waals surface area contributed by atoms with E-state index in [1.54, 1.807) is 0 Å². The quantitative estimate of drug-likeness (QED) is 0.624. The van der Waals surface area contributed by atoms with Gasteiger partial charge in [-0.05, 0) is 25.1 Å². The van der Waals surface area contributed by atoms with Crippen molar-refractivity contribution < 1.29 is 41.7 Å². The van der Waals surface area contributed by atoms with Gasteiger partial charge in [-0.3, -0.25) is 9.78 Å². The first-order chi connectivity index (χ1) is 14.4. The molecule has 3 rings (SSSR count). The summed E-state index contributed by atoms with van der Waals surface area (Å²) in [5, 5.41) is 21.6. The van der Waals surface area contributed by atoms with Crippen LogP contribution < -0.4 is 5.32 Å². The molecule has 0 radical (unpaired) electrons. The molecular weight excluding hydrogens is 427 g/mol. The Kier molecular flexibility index (Phi) is 5.94. The lowest BCUT2D eigenvalue weighted by Gasteiger charge is -2.31. The Morgan fingerprint density at radius 1 is 1.29 bits per heavy atom. The predicted octanol–water partition coefficient (Wildman–Crippen LogP) is 3.64. The molecule has 1 aromatic heterocycles. The van der Waals surface area contributed by atoms with E-state index in [1.807, 2.05) is 0 Å². The topological polar surface area (TPSA) is 91.7 Å². The number of halogens is 5. The van der Waals surface area contributed by atoms with Crippen molar-refractivity contribution in [2.24, 2.45) is 5.92 Å². The number of carbonyl (C=O) groups excluding carboxylic acids is 1. The molecule has 0 saturated carbocycles. The number of nitrogens with one attached hydrogen (secondary N) is 1. The number of amides is 1. The number of alkyl halides is 3. The van der Waals surface area contributed by atoms with Gasteiger partial charge in [0.25, 0.3) is 5.91 Å². The van der Waals surface area contributed by atoms with E-state index in [2.05, 4.69) is 10.3 Å². The molecule has 31 heavy (non-hydrogen) atoms. The Morgan fingerprint density at radius 2 is 1.97 bits per heavy atom. The summed E-state index contributed by atoms with van der Waals surface area (Å²) in [5.41, 5.74) is -2.85. The number of phenols is 1. The van der Waals surface area contributed by atoms with E-state index < -0.39 is 59.6 Å². The van der Waals surface area contributed by atoms with Crippen LogP contribution in [-0.2, 0) is 16.1 Å². The number of hydrogen-bond acceptors (Lipinski definition) is 5. The number of ether oxygens (including phenoxy) is 1. The van der Waals surface area contributed by atoms with Crippen molar-refractivity contribution in [2.45, 2.75) is 44.3 Å². The zero-order chi connectivity index (χ0) is 23.1. The van der Waals surface area contributed by atoms with Crippen molar-refractivity contribution in [2.75, 3.05) is 5.32 Å². The van der Waals surface area contributed by atoms with E-state index in [1.165, 1.54) is 18.3 Å². The van der Waals surface area contributed by atoms with Crippen molar-refractivity contribution in [3.05, 3.63) is 53.4 Å². The fraction of sp³-hybridized carbons (Fsp3) is 0.400. The van der Waals surface area contributed by atoms with Crippen molar-refractivity contribution in [3.8, 4) is 5.75 Å². The van der Waals surface area contributed by atoms with Crippen LogP contribution in [0.1, 0.15) is 31.0 Å². The zero-order valence-corrected chi connectivity index (χ0v) is 16.4. The molecule has 0 bridgehead atoms. The first kappa shape index (κ1) is 22.9. The molecule has 4 atom stereocenters. The number of phenolic OH excluding ortho intramolecular Hbond substituents is 1. The molecule has 0 spiro atoms. The second-order valence-corrected chi connectivity index (χ2v) is 7.44. The van der Waals surface area contributed by atoms with Gasteiger partial charge in [-0.2, -0.15) is 17.6 Å². The Hall–Kier alpha value is -2.79. The average Bonchev–Trinajstić information content (AvgIpc) is 2.99. The molecule has 6 nitrogen and oxygen atoms in total. The monoisotopic (exact) mass is 446 g/mol. The van der Waals surface area contributed by atoms with Crippen molar-refractivity contribution >= 4 is 11.6 Å². The number of pyridine rings is 1. The van der Waals surface area contributed by atoms with E-state index in [-0.39, 0.29) is 16.9 Å². The highest BCUT2D eigenvalue weighted by molar-refractivity contribution is 5.95. The van der Waals surface area contributed by atoms with Gasteiger partial charge in [0.1, 0.15) is 6.10 Å². The van der Waals surface area contributed by atoms with Gasteiger partial charge in [0, 0.05) is 29.3 Å². The number of hydrogen-bond donors (Lipinski definition) is 3. The summed E-state index contributed by atoms with van der Waals surface area (Å²) in [7, 11) is 0. The molecule has 3 N–H and O–H groups in total. The number of rotatable bonds is 4. The summed E-state index contributed by atoms with van der Waals surface area (Å²) >= 11 is 0. The zero-order valence-electron chi connectivity index (χ0n) is 16.4. The fourth-order valence-electron chi connectivity index (χ4n) is 3.70. The van der Waals surface area contributed by atoms with Crippen LogP contribution in [0.3, 0.4) is 0 Å². The Morgan fingerprint density at radius 3 is 2.58 bits per heavy atom. The fourth-order valence-corrected chi connectivity index (χ4v) is 3.70. The molecular formula is C20H19F5N2O4. The maximum atomic E-state index is 13.9. The second kappa shape index (κ2) is 8.04. The third kappa shape index (κ3) is 3.94. The van der Waals surface area contributed by atoms with E-state index in [0.29, 0.717) is 6.07 Å². The average molecular weight is 446 g/mol. The molecule has 11 heteroatoms. The standard InChI is InChI=1S/C20H19F5N2O4/c1-9-14(12-3-4-13(21)15(22)16(12)29)17(31-19(9,2)20(23,24)25)18(30)27-10-5-6-26-11(7-10)8-28/h3-7,9,14,17,28-29H,8H2,1-2H3,(H,26,27,30)/t9-,14-,17+,19+/m0/s1. The molecule has 2 aromatic rings. The lowest BCUT2D eigenvalue weighted by Crippen LogP contribution is -2.47. The normalized spacial score (nSPS) is 26.1. The van der Waals surface area contributed by atoms with Gasteiger partial charge in [-0.1, -0.05) is 13.0 Å². The molecule has 1 amide bonds. The van der Waals surface area contributed by atoms with Crippen molar-refractivity contribution in [1.82, 2.24) is 4.98 Å². The minimum atomic E-state index is -4.89. The maximum absolute atomic E-state index is 13.9. The van der Waals surface area contributed by atoms with Crippen molar-refractivity contribution in [3.63, 3.8) is 0 Å². The van der Waals surface area contributed by atoms with Crippen LogP contribution in [0.15, 0.2) is 30.5 Å². The second-order valence-electron chi connectivity index (χ2n) is 7.44. The molecule has 1 aliphatic heterocycles. The number of benzene rings is 1. The van der Waals surface area contributed by atoms with Crippen LogP contribution in [0.25, 0.3) is 0 Å². The van der Waals surface area contributed by atoms with Crippen LogP contribution in [0.4, 0.5) is 27.6 Å². The smallest absolute Gasteiger partial charge is 0.417 e. The molecule has 1 aromatic carbocycles. The first-order valence-electron chi connectivity index (χ1n) is 9.18. The van der Waals surface area contributed by atoms with Gasteiger partial charge >= 0.3 is 6.18 Å². The van der Waals surface area contributed by atoms with Gasteiger partial charge in [-0.25, -0.2) is 4.39 Å². The first-order valence-corrected chi connectivity index (χ1v) is 9.18. The van der Waals surface area contributed by atoms with Gasteiger partial charge in [-0.15, -0.1) is 0 Å². The van der Waals surface area contributed by atoms with Gasteiger partial charge in [0.15, 0.2) is 17.2 Å². The summed E-state index contributed by atoms with van der Waals surface area (Å²) in [6.45, 7) is 1.48. The van der Waals surface area contributed by atoms with Gasteiger partial charge in [0.05, 0.1) is 12.3 Å². The third-order valence-electron chi connectivity index (χ3n) is 5.63. The molecule has 0 unspecified atom stereocenters. The van der Waals surface area contributed by atoms with Crippen LogP contribution in [0, 0.1) is 17.6 Å². The molecule has 168 valence electrons. The number of aliphatic hydroxyl groups excluding tert-OH is 1. The van der Waals surface area contributed by atoms with Crippen molar-refractivity contribution in [1.29, 1.82) is 0 Å². The van der Waals surface area contributed by atoms with Crippen LogP contribution in [0.2, 0.25) is 0 Å². The highest BCUT2D eigenvalue weighted by atomic mass is 19.4. The van der Waals surface area contributed by atoms with Crippen LogP contribution in [0.5, 0.6) is 5.75 Å². The Balaban J connectivity index is 2.04. The minimum absolute atomic E-state index is 0.133. The molecule has 2 heterocycles. The van der Waals surface area contributed by atoms with E-state index in [4.69, 9.17) is 9.84 Å². The van der Waals surface area contributed by atoms with Gasteiger partial charge in [0.2, 0.25) is 5.82 Å². The largest absolute Gasteiger partial charge is 0.505 e. The summed E-state index contributed by atoms with van der Waals surface area (Å²) in [4.78, 5) is 16.7. The van der Waals surface area contributed by atoms with E-state index in [0.717, 1.165) is 19.9 Å². The maximum Gasteiger partial charge on any atom is 0.417 e. The Labute approximate surface area is 173 Å². The van der Waals surface area contributed by atoms with Crippen LogP contribution in [-0.4, -0.2) is 39.0 Å². The lowest BCUT2D eigenvalue weighted by atomic mass is 9.77. The molecule has 0 aliphatic carbocycles. The summed E-state index contributed by atoms with van der Waals surface area (Å²) in [6.07, 6.45) is -5.41. The van der Waals surface area contributed by atoms with Crippen LogP contribution >= 0.6 is 0 Å². The number of anilines is 1. The number of aromatic nitrogens is 1. The molecule has 1 aliphatic rings. The molecule has 1 fully saturated rings. The minimum Gasteiger partial charge on any atom is -0.505 e. The predicted molar refractivity (Wildman–Crippen MR) is 98.1 cm³/mol. The summed E-state index contributed by atoms with van der Waals surface area (Å²) in [5.74, 6) is -8.09. The number of nitrogens with zero attached hydrogens (tertiary/aromatic N) is 1. The lowest BCUT2D eigenvalue weighted by molar-refractivity contribution is -0.272. The highest BCUT2D eigenvalue weighted by Gasteiger charge is 2.65. The van der Waals surface area contributed by atoms with E-state index >= 15 is 0 Å². The Bertz CT molecular complexity index is 1000. The van der Waals surface area contributed by atoms with E-state index in [9.17, 15) is 31.9 Å². The summed E-state index contributed by atoms with van der Waals surface area (Å²) < 4.78 is 74.0. The molecule has 1 saturated heterocycles. The highest BCUT2D eigenvalue weighted by Crippen LogP contribution is 2.54. The third-order valence-corrected chi connectivity index (χ3v) is 5.63. The van der Waals surface area contributed by atoms with Gasteiger partial charge < -0.3 is 20.3 Å².